The predicted octanol–water partition coefficient (Wildman–Crippen LogP) is 2.50. The number of nitrogens with zero attached hydrogens (tertiary/aromatic N) is 1. The zero-order valence-electron chi connectivity index (χ0n) is 8.13. The van der Waals surface area contributed by atoms with Crippen molar-refractivity contribution in [2.24, 2.45) is 0 Å². The van der Waals surface area contributed by atoms with Crippen LogP contribution in [0, 0.1) is 0 Å². The molecular weight excluding hydrogens is 173 g/mol. The van der Waals surface area contributed by atoms with Crippen LogP contribution in [0.4, 0.5) is 0 Å². The fourth-order valence-corrected chi connectivity index (χ4v) is 2.18. The molecule has 0 bridgehead atoms. The van der Waals surface area contributed by atoms with E-state index >= 15 is 0 Å². The van der Waals surface area contributed by atoms with Gasteiger partial charge in [0.15, 0.2) is 0 Å². The van der Waals surface area contributed by atoms with Gasteiger partial charge < -0.3 is 4.52 Å². The molecule has 1 rings (SSSR count). The van der Waals surface area contributed by atoms with Gasteiger partial charge >= 0.3 is 8.53 Å². The first-order valence-corrected chi connectivity index (χ1v) is 5.16. The highest BCUT2D eigenvalue weighted by molar-refractivity contribution is 7.45. The molecule has 0 aromatic rings. The van der Waals surface area contributed by atoms with Gasteiger partial charge in [-0.25, -0.2) is 4.67 Å². The second-order valence-corrected chi connectivity index (χ2v) is 4.92. The van der Waals surface area contributed by atoms with Crippen LogP contribution in [0.2, 0.25) is 0 Å². The number of hydrogen-bond donors (Lipinski definition) is 0. The standard InChI is InChI=1S/C8H16NO2P/c1-6-8(3)7(2)10-12(11-8)9(4)5/h2,6H2,1,3-5H3. The van der Waals surface area contributed by atoms with Crippen molar-refractivity contribution in [3.8, 4) is 0 Å². The van der Waals surface area contributed by atoms with Gasteiger partial charge in [-0.2, -0.15) is 0 Å². The highest BCUT2D eigenvalue weighted by Crippen LogP contribution is 2.56. The third-order valence-electron chi connectivity index (χ3n) is 2.06. The van der Waals surface area contributed by atoms with Crippen molar-refractivity contribution in [2.45, 2.75) is 25.9 Å². The third kappa shape index (κ3) is 1.63. The van der Waals surface area contributed by atoms with E-state index in [1.54, 1.807) is 0 Å². The van der Waals surface area contributed by atoms with Gasteiger partial charge in [-0.1, -0.05) is 13.5 Å². The third-order valence-corrected chi connectivity index (χ3v) is 3.65. The molecule has 70 valence electrons. The largest absolute Gasteiger partial charge is 0.438 e. The minimum absolute atomic E-state index is 0.282. The van der Waals surface area contributed by atoms with E-state index in [2.05, 4.69) is 13.5 Å². The second kappa shape index (κ2) is 3.33. The first-order chi connectivity index (χ1) is 5.49. The van der Waals surface area contributed by atoms with Crippen LogP contribution in [-0.2, 0) is 9.05 Å². The molecule has 3 nitrogen and oxygen atoms in total. The van der Waals surface area contributed by atoms with Gasteiger partial charge in [0.05, 0.1) is 0 Å². The Morgan fingerprint density at radius 3 is 2.42 bits per heavy atom. The van der Waals surface area contributed by atoms with E-state index in [0.29, 0.717) is 0 Å². The normalized spacial score (nSPS) is 35.8. The Hall–Kier alpha value is -0.110. The molecule has 0 N–H and O–H groups in total. The van der Waals surface area contributed by atoms with Gasteiger partial charge in [0.25, 0.3) is 0 Å². The molecular formula is C8H16NO2P. The average Bonchev–Trinajstić information content (AvgIpc) is 2.30. The molecule has 0 aromatic carbocycles. The van der Waals surface area contributed by atoms with Gasteiger partial charge in [0.2, 0.25) is 0 Å². The first-order valence-electron chi connectivity index (χ1n) is 4.03. The van der Waals surface area contributed by atoms with Crippen molar-refractivity contribution in [1.29, 1.82) is 0 Å². The fraction of sp³-hybridized carbons (Fsp3) is 0.750. The Balaban J connectivity index is 2.68. The van der Waals surface area contributed by atoms with Crippen LogP contribution in [0.15, 0.2) is 12.3 Å². The summed E-state index contributed by atoms with van der Waals surface area (Å²) >= 11 is 0. The molecule has 0 amide bonds. The number of rotatable bonds is 2. The Kier molecular flexibility index (Phi) is 2.77. The van der Waals surface area contributed by atoms with E-state index < -0.39 is 8.53 Å². The molecule has 2 atom stereocenters. The van der Waals surface area contributed by atoms with E-state index in [1.807, 2.05) is 25.7 Å². The van der Waals surface area contributed by atoms with Crippen LogP contribution in [0.1, 0.15) is 20.3 Å². The average molecular weight is 189 g/mol. The summed E-state index contributed by atoms with van der Waals surface area (Å²) in [4.78, 5) is 0. The Morgan fingerprint density at radius 1 is 1.58 bits per heavy atom. The van der Waals surface area contributed by atoms with E-state index in [9.17, 15) is 0 Å². The molecule has 12 heavy (non-hydrogen) atoms. The zero-order valence-corrected chi connectivity index (χ0v) is 9.02. The van der Waals surface area contributed by atoms with Crippen LogP contribution in [0.3, 0.4) is 0 Å². The molecule has 1 aliphatic heterocycles. The summed E-state index contributed by atoms with van der Waals surface area (Å²) in [5.74, 6) is 0.754. The van der Waals surface area contributed by atoms with Crippen LogP contribution < -0.4 is 0 Å². The monoisotopic (exact) mass is 189 g/mol. The topological polar surface area (TPSA) is 21.7 Å². The molecule has 2 unspecified atom stereocenters. The minimum atomic E-state index is -0.903. The lowest BCUT2D eigenvalue weighted by molar-refractivity contribution is 0.149. The van der Waals surface area contributed by atoms with Crippen molar-refractivity contribution < 1.29 is 9.05 Å². The van der Waals surface area contributed by atoms with Crippen molar-refractivity contribution >= 4 is 8.53 Å². The number of hydrogen-bond acceptors (Lipinski definition) is 3. The summed E-state index contributed by atoms with van der Waals surface area (Å²) in [6.45, 7) is 7.94. The lowest BCUT2D eigenvalue weighted by Gasteiger charge is -2.19. The van der Waals surface area contributed by atoms with Crippen molar-refractivity contribution in [3.05, 3.63) is 12.3 Å². The molecule has 4 heteroatoms. The molecule has 0 aliphatic carbocycles. The SMILES string of the molecule is C=C1OP(N(C)C)OC1(C)CC. The van der Waals surface area contributed by atoms with E-state index in [4.69, 9.17) is 9.05 Å². The maximum Gasteiger partial charge on any atom is 0.321 e. The summed E-state index contributed by atoms with van der Waals surface area (Å²) in [6, 6.07) is 0. The van der Waals surface area contributed by atoms with Gasteiger partial charge in [-0.3, -0.25) is 4.52 Å². The summed E-state index contributed by atoms with van der Waals surface area (Å²) in [5.41, 5.74) is -0.282. The summed E-state index contributed by atoms with van der Waals surface area (Å²) in [5, 5.41) is 0. The van der Waals surface area contributed by atoms with Crippen molar-refractivity contribution in [1.82, 2.24) is 4.67 Å². The molecule has 1 saturated heterocycles. The zero-order chi connectivity index (χ0) is 9.35. The van der Waals surface area contributed by atoms with Gasteiger partial charge in [-0.05, 0) is 27.4 Å². The maximum atomic E-state index is 5.74. The molecule has 1 aliphatic rings. The molecule has 0 aromatic heterocycles. The summed E-state index contributed by atoms with van der Waals surface area (Å²) < 4.78 is 13.2. The Labute approximate surface area is 75.3 Å². The second-order valence-electron chi connectivity index (χ2n) is 3.28. The van der Waals surface area contributed by atoms with E-state index in [0.717, 1.165) is 12.2 Å². The molecule has 0 saturated carbocycles. The quantitative estimate of drug-likeness (QED) is 0.623. The Bertz CT molecular complexity index is 195. The molecule has 1 heterocycles. The van der Waals surface area contributed by atoms with Crippen LogP contribution in [0.5, 0.6) is 0 Å². The molecule has 1 fully saturated rings. The lowest BCUT2D eigenvalue weighted by atomic mass is 10.0. The minimum Gasteiger partial charge on any atom is -0.438 e. The van der Waals surface area contributed by atoms with Crippen molar-refractivity contribution in [2.75, 3.05) is 14.1 Å². The van der Waals surface area contributed by atoms with E-state index in [1.165, 1.54) is 0 Å². The van der Waals surface area contributed by atoms with Crippen LogP contribution in [-0.4, -0.2) is 24.4 Å². The van der Waals surface area contributed by atoms with Crippen molar-refractivity contribution in [3.63, 3.8) is 0 Å². The fourth-order valence-electron chi connectivity index (χ4n) is 0.858. The predicted molar refractivity (Wildman–Crippen MR) is 50.6 cm³/mol. The van der Waals surface area contributed by atoms with Crippen LogP contribution >= 0.6 is 8.53 Å². The van der Waals surface area contributed by atoms with Gasteiger partial charge in [0.1, 0.15) is 11.4 Å². The van der Waals surface area contributed by atoms with Gasteiger partial charge in [-0.15, -0.1) is 0 Å². The maximum absolute atomic E-state index is 5.74. The highest BCUT2D eigenvalue weighted by Gasteiger charge is 2.42. The lowest BCUT2D eigenvalue weighted by Crippen LogP contribution is -2.23. The van der Waals surface area contributed by atoms with Crippen LogP contribution in [0.25, 0.3) is 0 Å². The highest BCUT2D eigenvalue weighted by atomic mass is 31.2. The summed E-state index contributed by atoms with van der Waals surface area (Å²) in [7, 11) is 2.99. The molecule has 0 spiro atoms. The summed E-state index contributed by atoms with van der Waals surface area (Å²) in [6.07, 6.45) is 0.901. The molecule has 0 radical (unpaired) electrons. The Morgan fingerprint density at radius 2 is 2.17 bits per heavy atom. The smallest absolute Gasteiger partial charge is 0.321 e. The van der Waals surface area contributed by atoms with Gasteiger partial charge in [0, 0.05) is 0 Å². The first kappa shape index (κ1) is 9.97. The van der Waals surface area contributed by atoms with E-state index in [-0.39, 0.29) is 5.60 Å².